The molecule has 3 aliphatic rings. The number of nitrogens with zero attached hydrogens (tertiary/aromatic N) is 2. The number of ether oxygens (including phenoxy) is 1. The average Bonchev–Trinajstić information content (AvgIpc) is 3.04. The first-order valence-corrected chi connectivity index (χ1v) is 11.7. The molecule has 2 aliphatic heterocycles. The molecule has 0 radical (unpaired) electrons. The molecule has 7 heteroatoms. The summed E-state index contributed by atoms with van der Waals surface area (Å²) in [6, 6.07) is 6.01. The average molecular weight is 430 g/mol. The summed E-state index contributed by atoms with van der Waals surface area (Å²) in [5.74, 6) is 0.842. The van der Waals surface area contributed by atoms with Crippen molar-refractivity contribution in [2.45, 2.75) is 70.9 Å². The maximum absolute atomic E-state index is 13.5. The number of aliphatic hydroxyl groups is 1. The van der Waals surface area contributed by atoms with Crippen molar-refractivity contribution in [3.8, 4) is 5.75 Å². The second kappa shape index (κ2) is 9.07. The fourth-order valence-corrected chi connectivity index (χ4v) is 5.62. The van der Waals surface area contributed by atoms with Gasteiger partial charge in [-0.25, -0.2) is 4.79 Å². The van der Waals surface area contributed by atoms with Crippen LogP contribution in [-0.4, -0.2) is 60.3 Å². The van der Waals surface area contributed by atoms with Crippen LogP contribution in [0.2, 0.25) is 0 Å². The molecule has 2 N–H and O–H groups in total. The van der Waals surface area contributed by atoms with Gasteiger partial charge in [0.05, 0.1) is 11.5 Å². The van der Waals surface area contributed by atoms with Crippen molar-refractivity contribution in [1.82, 2.24) is 10.2 Å². The number of nitrogens with one attached hydrogen (secondary N) is 1. The maximum Gasteiger partial charge on any atom is 0.412 e. The molecule has 170 valence electrons. The highest BCUT2D eigenvalue weighted by Gasteiger charge is 2.50. The van der Waals surface area contributed by atoms with Crippen LogP contribution >= 0.6 is 0 Å². The van der Waals surface area contributed by atoms with Gasteiger partial charge in [0.2, 0.25) is 5.91 Å². The first-order chi connectivity index (χ1) is 14.9. The normalized spacial score (nSPS) is 28.8. The number of amides is 2. The third-order valence-electron chi connectivity index (χ3n) is 7.27. The van der Waals surface area contributed by atoms with Gasteiger partial charge in [-0.3, -0.25) is 4.79 Å². The summed E-state index contributed by atoms with van der Waals surface area (Å²) >= 11 is 0. The summed E-state index contributed by atoms with van der Waals surface area (Å²) in [6.07, 6.45) is 5.66. The van der Waals surface area contributed by atoms with Gasteiger partial charge in [-0.15, -0.1) is 0 Å². The Bertz CT molecular complexity index is 821. The van der Waals surface area contributed by atoms with Crippen molar-refractivity contribution in [3.63, 3.8) is 0 Å². The number of likely N-dealkylation sites (tertiary alicyclic amines) is 1. The van der Waals surface area contributed by atoms with Gasteiger partial charge in [-0.2, -0.15) is 0 Å². The van der Waals surface area contributed by atoms with Crippen molar-refractivity contribution in [3.05, 3.63) is 23.8 Å². The number of benzene rings is 1. The SMILES string of the molecule is CCNC(=O)Oc1ccc(N2CCCC3(CCN(C4CCC(O)CC4)C3=O)C2)c(C)c1. The van der Waals surface area contributed by atoms with Crippen molar-refractivity contribution in [1.29, 1.82) is 0 Å². The van der Waals surface area contributed by atoms with Crippen LogP contribution in [0.1, 0.15) is 57.4 Å². The molecule has 2 heterocycles. The highest BCUT2D eigenvalue weighted by atomic mass is 16.6. The fourth-order valence-electron chi connectivity index (χ4n) is 5.62. The number of aryl methyl sites for hydroxylation is 1. The summed E-state index contributed by atoms with van der Waals surface area (Å²) in [4.78, 5) is 29.7. The van der Waals surface area contributed by atoms with Gasteiger partial charge in [0.1, 0.15) is 5.75 Å². The smallest absolute Gasteiger partial charge is 0.410 e. The molecule has 0 bridgehead atoms. The van der Waals surface area contributed by atoms with Crippen LogP contribution in [0, 0.1) is 12.3 Å². The van der Waals surface area contributed by atoms with E-state index in [1.807, 2.05) is 32.0 Å². The number of rotatable bonds is 4. The van der Waals surface area contributed by atoms with Gasteiger partial charge >= 0.3 is 6.09 Å². The highest BCUT2D eigenvalue weighted by molar-refractivity contribution is 5.86. The molecule has 1 aliphatic carbocycles. The van der Waals surface area contributed by atoms with E-state index in [2.05, 4.69) is 15.1 Å². The lowest BCUT2D eigenvalue weighted by Gasteiger charge is -2.42. The highest BCUT2D eigenvalue weighted by Crippen LogP contribution is 2.44. The zero-order chi connectivity index (χ0) is 22.0. The van der Waals surface area contributed by atoms with Gasteiger partial charge in [0.25, 0.3) is 0 Å². The minimum Gasteiger partial charge on any atom is -0.410 e. The second-order valence-corrected chi connectivity index (χ2v) is 9.38. The predicted molar refractivity (Wildman–Crippen MR) is 119 cm³/mol. The molecule has 1 spiro atoms. The monoisotopic (exact) mass is 429 g/mol. The Morgan fingerprint density at radius 1 is 1.23 bits per heavy atom. The molecule has 3 fully saturated rings. The summed E-state index contributed by atoms with van der Waals surface area (Å²) in [6.45, 7) is 6.92. The molecule has 7 nitrogen and oxygen atoms in total. The van der Waals surface area contributed by atoms with Crippen LogP contribution in [0.5, 0.6) is 5.75 Å². The van der Waals surface area contributed by atoms with E-state index in [9.17, 15) is 14.7 Å². The minimum absolute atomic E-state index is 0.198. The summed E-state index contributed by atoms with van der Waals surface area (Å²) < 4.78 is 5.33. The number of aliphatic hydroxyl groups excluding tert-OH is 1. The lowest BCUT2D eigenvalue weighted by molar-refractivity contribution is -0.139. The predicted octanol–water partition coefficient (Wildman–Crippen LogP) is 3.23. The first kappa shape index (κ1) is 21.9. The van der Waals surface area contributed by atoms with E-state index in [0.29, 0.717) is 18.2 Å². The molecular formula is C24H35N3O4. The van der Waals surface area contributed by atoms with E-state index in [1.165, 1.54) is 0 Å². The van der Waals surface area contributed by atoms with E-state index < -0.39 is 6.09 Å². The molecule has 1 saturated carbocycles. The van der Waals surface area contributed by atoms with Gasteiger partial charge in [0, 0.05) is 37.9 Å². The quantitative estimate of drug-likeness (QED) is 0.768. The van der Waals surface area contributed by atoms with Gasteiger partial charge < -0.3 is 25.0 Å². The number of hydrogen-bond donors (Lipinski definition) is 2. The van der Waals surface area contributed by atoms with Crippen LogP contribution in [0.4, 0.5) is 10.5 Å². The maximum atomic E-state index is 13.5. The van der Waals surface area contributed by atoms with E-state index >= 15 is 0 Å². The number of hydrogen-bond acceptors (Lipinski definition) is 5. The molecule has 1 atom stereocenters. The third kappa shape index (κ3) is 4.52. The second-order valence-electron chi connectivity index (χ2n) is 9.38. The van der Waals surface area contributed by atoms with E-state index in [0.717, 1.165) is 75.8 Å². The molecule has 2 amide bonds. The van der Waals surface area contributed by atoms with Gasteiger partial charge in [0.15, 0.2) is 0 Å². The van der Waals surface area contributed by atoms with Crippen molar-refractivity contribution in [2.75, 3.05) is 31.1 Å². The lowest BCUT2D eigenvalue weighted by atomic mass is 9.78. The van der Waals surface area contributed by atoms with Crippen LogP contribution in [0.25, 0.3) is 0 Å². The largest absolute Gasteiger partial charge is 0.412 e. The Morgan fingerprint density at radius 3 is 2.71 bits per heavy atom. The van der Waals surface area contributed by atoms with Crippen molar-refractivity contribution < 1.29 is 19.4 Å². The molecule has 31 heavy (non-hydrogen) atoms. The Hall–Kier alpha value is -2.28. The molecule has 2 saturated heterocycles. The van der Waals surface area contributed by atoms with Gasteiger partial charge in [-0.1, -0.05) is 0 Å². The number of piperidine rings is 1. The zero-order valence-electron chi connectivity index (χ0n) is 18.7. The molecule has 1 aromatic carbocycles. The number of carbonyl (C=O) groups is 2. The first-order valence-electron chi connectivity index (χ1n) is 11.7. The Morgan fingerprint density at radius 2 is 2.00 bits per heavy atom. The molecule has 1 unspecified atom stereocenters. The zero-order valence-corrected chi connectivity index (χ0v) is 18.7. The van der Waals surface area contributed by atoms with E-state index in [1.54, 1.807) is 0 Å². The van der Waals surface area contributed by atoms with Crippen LogP contribution in [-0.2, 0) is 4.79 Å². The summed E-state index contributed by atoms with van der Waals surface area (Å²) in [5.41, 5.74) is 1.86. The summed E-state index contributed by atoms with van der Waals surface area (Å²) in [7, 11) is 0. The molecule has 4 rings (SSSR count). The Balaban J connectivity index is 1.45. The number of anilines is 1. The fraction of sp³-hybridized carbons (Fsp3) is 0.667. The number of carbonyl (C=O) groups excluding carboxylic acids is 2. The standard InChI is InChI=1S/C24H35N3O4/c1-3-25-23(30)31-20-9-10-21(17(2)15-20)26-13-4-11-24(16-26)12-14-27(22(24)29)18-5-7-19(28)8-6-18/h9-10,15,18-19,28H,3-8,11-14,16H2,1-2H3,(H,25,30). The van der Waals surface area contributed by atoms with Crippen molar-refractivity contribution in [2.24, 2.45) is 5.41 Å². The van der Waals surface area contributed by atoms with E-state index in [4.69, 9.17) is 4.74 Å². The van der Waals surface area contributed by atoms with Crippen molar-refractivity contribution >= 4 is 17.7 Å². The lowest BCUT2D eigenvalue weighted by Crippen LogP contribution is -2.50. The minimum atomic E-state index is -0.446. The Kier molecular flexibility index (Phi) is 6.42. The molecule has 1 aromatic rings. The topological polar surface area (TPSA) is 82.1 Å². The van der Waals surface area contributed by atoms with Gasteiger partial charge in [-0.05, 0) is 82.6 Å². The summed E-state index contributed by atoms with van der Waals surface area (Å²) in [5, 5.41) is 12.5. The van der Waals surface area contributed by atoms with Crippen LogP contribution in [0.3, 0.4) is 0 Å². The van der Waals surface area contributed by atoms with E-state index in [-0.39, 0.29) is 17.6 Å². The Labute approximate surface area is 184 Å². The van der Waals surface area contributed by atoms with Crippen LogP contribution in [0.15, 0.2) is 18.2 Å². The third-order valence-corrected chi connectivity index (χ3v) is 7.27. The molecular weight excluding hydrogens is 394 g/mol. The van der Waals surface area contributed by atoms with Crippen LogP contribution < -0.4 is 15.0 Å². The molecule has 0 aromatic heterocycles.